The molecule has 17 heteroatoms. The molecule has 0 spiro atoms. The number of nitrogens with two attached hydrogens (primary N) is 1. The lowest BCUT2D eigenvalue weighted by molar-refractivity contribution is 0.101. The van der Waals surface area contributed by atoms with Gasteiger partial charge in [-0.15, -0.1) is 12.4 Å². The zero-order valence-corrected chi connectivity index (χ0v) is 25.9. The molecule has 4 aromatic carbocycles. The molecular weight excluding hydrogens is 715 g/mol. The summed E-state index contributed by atoms with van der Waals surface area (Å²) in [6.07, 6.45) is 0. The van der Waals surface area contributed by atoms with E-state index in [0.717, 1.165) is 18.2 Å². The fourth-order valence-electron chi connectivity index (χ4n) is 4.68. The average molecular weight is 744 g/mol. The highest BCUT2D eigenvalue weighted by Crippen LogP contribution is 2.40. The zero-order chi connectivity index (χ0) is 33.1. The molecule has 4 N–H and O–H groups in total. The van der Waals surface area contributed by atoms with Gasteiger partial charge in [0.25, 0.3) is 11.8 Å². The van der Waals surface area contributed by atoms with Crippen molar-refractivity contribution in [2.75, 3.05) is 23.8 Å². The van der Waals surface area contributed by atoms with E-state index in [1.54, 1.807) is 0 Å². The number of rotatable bonds is 5. The molecule has 0 bridgehead atoms. The summed E-state index contributed by atoms with van der Waals surface area (Å²) in [6, 6.07) is 10.9. The van der Waals surface area contributed by atoms with Gasteiger partial charge >= 0.3 is 0 Å². The standard InChI is InChI=1S/C15H9ClF2N4O2.C15H11ClF2N2O2.2CH4.ClH/c16-9-5-7(1-3-10(9)17)20-15(23)8-2-4-11(18)13-12(21-22-19)6-24-14(8)13;16-9-5-7(1-3-10(9)17)20-15(21)8-2-4-11(18)13-12(19)6-22-14(8)13;;;/h1-5,12H,6H2,(H,20,23);1-5,12H,6,19H2,(H,20,21);2*1H4;1H. The number of carbonyl (C=O) groups excluding carboxylic acids is 2. The third-order valence-electron chi connectivity index (χ3n) is 6.82. The van der Waals surface area contributed by atoms with Gasteiger partial charge in [0.2, 0.25) is 0 Å². The Kier molecular flexibility index (Phi) is 14.1. The van der Waals surface area contributed by atoms with Crippen molar-refractivity contribution in [3.8, 4) is 11.5 Å². The van der Waals surface area contributed by atoms with Crippen molar-refractivity contribution >= 4 is 58.8 Å². The van der Waals surface area contributed by atoms with Gasteiger partial charge in [-0.1, -0.05) is 43.2 Å². The quantitative estimate of drug-likeness (QED) is 0.0805. The molecule has 2 heterocycles. The largest absolute Gasteiger partial charge is 0.492 e. The Balaban J connectivity index is 0.000000321. The number of halogens is 7. The predicted molar refractivity (Wildman–Crippen MR) is 182 cm³/mol. The van der Waals surface area contributed by atoms with Crippen molar-refractivity contribution in [1.29, 1.82) is 0 Å². The van der Waals surface area contributed by atoms with Gasteiger partial charge in [-0.2, -0.15) is 0 Å². The summed E-state index contributed by atoms with van der Waals surface area (Å²) in [6.45, 7) is 0.0574. The van der Waals surface area contributed by atoms with Gasteiger partial charge in [0.05, 0.1) is 32.8 Å². The monoisotopic (exact) mass is 742 g/mol. The van der Waals surface area contributed by atoms with Gasteiger partial charge in [-0.05, 0) is 66.2 Å². The summed E-state index contributed by atoms with van der Waals surface area (Å²) in [7, 11) is 0. The van der Waals surface area contributed by atoms with Crippen LogP contribution in [0.2, 0.25) is 10.0 Å². The molecule has 0 fully saturated rings. The van der Waals surface area contributed by atoms with E-state index in [2.05, 4.69) is 20.7 Å². The van der Waals surface area contributed by atoms with Gasteiger partial charge in [0.1, 0.15) is 54.0 Å². The summed E-state index contributed by atoms with van der Waals surface area (Å²) < 4.78 is 64.6. The SMILES string of the molecule is C.C.Cl.NC1COc2c(C(=O)Nc3ccc(F)c(Cl)c3)ccc(F)c21.[N-]=[N+]=NC1COc2c(C(=O)Nc3ccc(F)c(Cl)c3)ccc(F)c21. The van der Waals surface area contributed by atoms with Crippen LogP contribution < -0.4 is 25.8 Å². The Labute approximate surface area is 294 Å². The molecule has 49 heavy (non-hydrogen) atoms. The smallest absolute Gasteiger partial charge is 0.259 e. The van der Waals surface area contributed by atoms with E-state index in [4.69, 9.17) is 43.9 Å². The number of nitrogens with zero attached hydrogens (tertiary/aromatic N) is 3. The van der Waals surface area contributed by atoms with Gasteiger partial charge in [0.15, 0.2) is 0 Å². The van der Waals surface area contributed by atoms with Crippen molar-refractivity contribution in [2.24, 2.45) is 10.8 Å². The molecule has 2 aliphatic heterocycles. The molecule has 2 amide bonds. The Morgan fingerprint density at radius 2 is 1.18 bits per heavy atom. The number of hydrogen-bond acceptors (Lipinski definition) is 6. The molecule has 260 valence electrons. The van der Waals surface area contributed by atoms with Crippen LogP contribution in [0.1, 0.15) is 58.8 Å². The van der Waals surface area contributed by atoms with Crippen molar-refractivity contribution in [3.63, 3.8) is 0 Å². The molecule has 2 atom stereocenters. The molecule has 0 saturated carbocycles. The number of carbonyl (C=O) groups is 2. The molecule has 0 aliphatic carbocycles. The highest BCUT2D eigenvalue weighted by Gasteiger charge is 2.32. The van der Waals surface area contributed by atoms with Crippen LogP contribution in [0.15, 0.2) is 65.8 Å². The maximum Gasteiger partial charge on any atom is 0.259 e. The van der Waals surface area contributed by atoms with Crippen LogP contribution in [-0.4, -0.2) is 25.0 Å². The van der Waals surface area contributed by atoms with E-state index in [0.29, 0.717) is 5.69 Å². The Hall–Kier alpha value is -4.72. The number of benzene rings is 4. The minimum atomic E-state index is -0.835. The first-order valence-corrected chi connectivity index (χ1v) is 14.0. The van der Waals surface area contributed by atoms with Crippen LogP contribution in [0.4, 0.5) is 28.9 Å². The Bertz CT molecular complexity index is 1930. The first kappa shape index (κ1) is 40.5. The maximum atomic E-state index is 14.0. The second-order valence-corrected chi connectivity index (χ2v) is 10.6. The third kappa shape index (κ3) is 8.66. The molecule has 2 aliphatic rings. The van der Waals surface area contributed by atoms with E-state index in [9.17, 15) is 27.2 Å². The Morgan fingerprint density at radius 1 is 0.755 bits per heavy atom. The normalized spacial score (nSPS) is 14.7. The number of hydrogen-bond donors (Lipinski definition) is 3. The summed E-state index contributed by atoms with van der Waals surface area (Å²) in [5.74, 6) is -3.28. The summed E-state index contributed by atoms with van der Waals surface area (Å²) in [5, 5.41) is 8.29. The number of anilines is 2. The van der Waals surface area contributed by atoms with Gasteiger partial charge in [-0.3, -0.25) is 9.59 Å². The summed E-state index contributed by atoms with van der Waals surface area (Å²) in [5.41, 5.74) is 15.3. The third-order valence-corrected chi connectivity index (χ3v) is 7.40. The van der Waals surface area contributed by atoms with E-state index in [-0.39, 0.29) is 90.0 Å². The van der Waals surface area contributed by atoms with Crippen LogP contribution in [0.25, 0.3) is 10.4 Å². The number of azide groups is 1. The molecule has 6 rings (SSSR count). The molecule has 0 saturated heterocycles. The van der Waals surface area contributed by atoms with Crippen LogP contribution in [0, 0.1) is 23.3 Å². The minimum Gasteiger partial charge on any atom is -0.492 e. The fourth-order valence-corrected chi connectivity index (χ4v) is 5.04. The molecular formula is C32H29Cl3F4N6O4. The minimum absolute atomic E-state index is 0. The second-order valence-electron chi connectivity index (χ2n) is 9.79. The van der Waals surface area contributed by atoms with Crippen molar-refractivity contribution < 1.29 is 36.6 Å². The number of amides is 2. The predicted octanol–water partition coefficient (Wildman–Crippen LogP) is 9.57. The molecule has 4 aromatic rings. The van der Waals surface area contributed by atoms with Crippen LogP contribution in [-0.2, 0) is 0 Å². The van der Waals surface area contributed by atoms with E-state index in [1.807, 2.05) is 0 Å². The number of ether oxygens (including phenoxy) is 2. The van der Waals surface area contributed by atoms with Crippen LogP contribution in [0.3, 0.4) is 0 Å². The molecule has 0 aromatic heterocycles. The summed E-state index contributed by atoms with van der Waals surface area (Å²) in [4.78, 5) is 27.3. The van der Waals surface area contributed by atoms with Crippen molar-refractivity contribution in [1.82, 2.24) is 0 Å². The van der Waals surface area contributed by atoms with E-state index < -0.39 is 47.2 Å². The Morgan fingerprint density at radius 3 is 1.65 bits per heavy atom. The van der Waals surface area contributed by atoms with Crippen molar-refractivity contribution in [2.45, 2.75) is 26.9 Å². The highest BCUT2D eigenvalue weighted by molar-refractivity contribution is 6.31. The molecule has 10 nitrogen and oxygen atoms in total. The lowest BCUT2D eigenvalue weighted by Crippen LogP contribution is -2.14. The zero-order valence-electron chi connectivity index (χ0n) is 23.6. The number of fused-ring (bicyclic) bond motifs is 2. The van der Waals surface area contributed by atoms with E-state index >= 15 is 0 Å². The van der Waals surface area contributed by atoms with Crippen LogP contribution >= 0.6 is 35.6 Å². The van der Waals surface area contributed by atoms with Gasteiger partial charge in [0, 0.05) is 21.8 Å². The lowest BCUT2D eigenvalue weighted by Gasteiger charge is -2.10. The number of nitrogens with one attached hydrogen (secondary N) is 2. The average Bonchev–Trinajstić information content (AvgIpc) is 3.62. The van der Waals surface area contributed by atoms with Gasteiger partial charge < -0.3 is 25.8 Å². The topological polar surface area (TPSA) is 151 Å². The molecule has 0 radical (unpaired) electrons. The van der Waals surface area contributed by atoms with Crippen molar-refractivity contribution in [3.05, 3.63) is 127 Å². The molecule has 2 unspecified atom stereocenters. The highest BCUT2D eigenvalue weighted by atomic mass is 35.5. The summed E-state index contributed by atoms with van der Waals surface area (Å²) >= 11 is 11.3. The first-order chi connectivity index (χ1) is 22.0. The first-order valence-electron chi connectivity index (χ1n) is 13.2. The second kappa shape index (κ2) is 17.1. The van der Waals surface area contributed by atoms with E-state index in [1.165, 1.54) is 42.5 Å². The van der Waals surface area contributed by atoms with Crippen LogP contribution in [0.5, 0.6) is 11.5 Å². The van der Waals surface area contributed by atoms with Gasteiger partial charge in [-0.25, -0.2) is 17.6 Å². The fraction of sp³-hybridized carbons (Fsp3) is 0.188. The maximum absolute atomic E-state index is 14.0. The lowest BCUT2D eigenvalue weighted by atomic mass is 10.0.